The zero-order valence-corrected chi connectivity index (χ0v) is 16.6. The van der Waals surface area contributed by atoms with Gasteiger partial charge in [-0.05, 0) is 30.2 Å². The third-order valence-electron chi connectivity index (χ3n) is 4.77. The van der Waals surface area contributed by atoms with E-state index in [0.717, 1.165) is 42.3 Å². The van der Waals surface area contributed by atoms with E-state index in [2.05, 4.69) is 11.0 Å². The molecule has 0 saturated carbocycles. The molecular formula is C22H28N2O4. The normalized spacial score (nSPS) is 14.6. The number of ether oxygens (including phenoxy) is 3. The van der Waals surface area contributed by atoms with Crippen LogP contribution < -0.4 is 9.47 Å². The molecule has 1 amide bonds. The quantitative estimate of drug-likeness (QED) is 0.731. The van der Waals surface area contributed by atoms with E-state index in [4.69, 9.17) is 14.2 Å². The predicted octanol–water partition coefficient (Wildman–Crippen LogP) is 3.55. The van der Waals surface area contributed by atoms with Crippen LogP contribution in [0.4, 0.5) is 4.79 Å². The van der Waals surface area contributed by atoms with Gasteiger partial charge in [0.25, 0.3) is 0 Å². The largest absolute Gasteiger partial charge is 0.493 e. The Hall–Kier alpha value is -2.73. The minimum atomic E-state index is -0.219. The van der Waals surface area contributed by atoms with E-state index in [9.17, 15) is 4.79 Å². The molecule has 2 aromatic carbocycles. The van der Waals surface area contributed by atoms with E-state index >= 15 is 0 Å². The highest BCUT2D eigenvalue weighted by Gasteiger charge is 2.22. The molecule has 1 aliphatic heterocycles. The third-order valence-corrected chi connectivity index (χ3v) is 4.77. The fourth-order valence-electron chi connectivity index (χ4n) is 3.23. The van der Waals surface area contributed by atoms with Crippen LogP contribution in [0.25, 0.3) is 0 Å². The van der Waals surface area contributed by atoms with Crippen molar-refractivity contribution >= 4 is 6.09 Å². The smallest absolute Gasteiger partial charge is 0.409 e. The summed E-state index contributed by atoms with van der Waals surface area (Å²) in [5.74, 6) is 1.47. The SMILES string of the molecule is CCOC(=O)N1CCN(Cc2ccc(OCc3ccccc3)c(OC)c2)CC1. The van der Waals surface area contributed by atoms with Gasteiger partial charge in [0.05, 0.1) is 13.7 Å². The van der Waals surface area contributed by atoms with Crippen molar-refractivity contribution in [1.82, 2.24) is 9.80 Å². The van der Waals surface area contributed by atoms with Gasteiger partial charge in [0, 0.05) is 32.7 Å². The zero-order chi connectivity index (χ0) is 19.8. The number of hydrogen-bond acceptors (Lipinski definition) is 5. The molecule has 0 N–H and O–H groups in total. The van der Waals surface area contributed by atoms with Gasteiger partial charge in [-0.3, -0.25) is 4.90 Å². The van der Waals surface area contributed by atoms with Crippen LogP contribution in [0.3, 0.4) is 0 Å². The van der Waals surface area contributed by atoms with E-state index < -0.39 is 0 Å². The lowest BCUT2D eigenvalue weighted by atomic mass is 10.1. The first-order chi connectivity index (χ1) is 13.7. The first kappa shape index (κ1) is 20.0. The summed E-state index contributed by atoms with van der Waals surface area (Å²) in [5, 5.41) is 0. The van der Waals surface area contributed by atoms with Crippen LogP contribution in [0.2, 0.25) is 0 Å². The Kier molecular flexibility index (Phi) is 7.14. The Morgan fingerprint density at radius 2 is 1.71 bits per heavy atom. The number of hydrogen-bond donors (Lipinski definition) is 0. The average Bonchev–Trinajstić information content (AvgIpc) is 2.74. The van der Waals surface area contributed by atoms with E-state index in [-0.39, 0.29) is 6.09 Å². The van der Waals surface area contributed by atoms with Gasteiger partial charge < -0.3 is 19.1 Å². The van der Waals surface area contributed by atoms with Crippen LogP contribution in [-0.2, 0) is 17.9 Å². The van der Waals surface area contributed by atoms with Crippen molar-refractivity contribution in [2.45, 2.75) is 20.1 Å². The van der Waals surface area contributed by atoms with Crippen LogP contribution in [0.1, 0.15) is 18.1 Å². The summed E-state index contributed by atoms with van der Waals surface area (Å²) >= 11 is 0. The summed E-state index contributed by atoms with van der Waals surface area (Å²) in [6.07, 6.45) is -0.219. The maximum absolute atomic E-state index is 11.8. The molecular weight excluding hydrogens is 356 g/mol. The summed E-state index contributed by atoms with van der Waals surface area (Å²) in [6.45, 7) is 6.59. The second-order valence-corrected chi connectivity index (χ2v) is 6.72. The topological polar surface area (TPSA) is 51.2 Å². The number of nitrogens with zero attached hydrogens (tertiary/aromatic N) is 2. The van der Waals surface area contributed by atoms with Crippen molar-refractivity contribution in [3.63, 3.8) is 0 Å². The lowest BCUT2D eigenvalue weighted by molar-refractivity contribution is 0.0778. The molecule has 1 aliphatic rings. The molecule has 2 aromatic rings. The molecule has 1 fully saturated rings. The minimum Gasteiger partial charge on any atom is -0.493 e. The monoisotopic (exact) mass is 384 g/mol. The van der Waals surface area contributed by atoms with Gasteiger partial charge in [0.2, 0.25) is 0 Å². The van der Waals surface area contributed by atoms with Crippen molar-refractivity contribution in [3.05, 3.63) is 59.7 Å². The maximum Gasteiger partial charge on any atom is 0.409 e. The molecule has 6 nitrogen and oxygen atoms in total. The summed E-state index contributed by atoms with van der Waals surface area (Å²) in [7, 11) is 1.66. The van der Waals surface area contributed by atoms with Crippen LogP contribution >= 0.6 is 0 Å². The van der Waals surface area contributed by atoms with E-state index in [1.54, 1.807) is 12.0 Å². The van der Waals surface area contributed by atoms with Crippen LogP contribution in [0.15, 0.2) is 48.5 Å². The molecule has 1 heterocycles. The zero-order valence-electron chi connectivity index (χ0n) is 16.6. The Labute approximate surface area is 166 Å². The van der Waals surface area contributed by atoms with Crippen LogP contribution in [0, 0.1) is 0 Å². The van der Waals surface area contributed by atoms with Crippen molar-refractivity contribution < 1.29 is 19.0 Å². The first-order valence-corrected chi connectivity index (χ1v) is 9.67. The summed E-state index contributed by atoms with van der Waals surface area (Å²) in [4.78, 5) is 15.9. The van der Waals surface area contributed by atoms with Crippen molar-refractivity contribution in [3.8, 4) is 11.5 Å². The van der Waals surface area contributed by atoms with Crippen molar-refractivity contribution in [1.29, 1.82) is 0 Å². The molecule has 0 aromatic heterocycles. The fraction of sp³-hybridized carbons (Fsp3) is 0.409. The molecule has 0 spiro atoms. The average molecular weight is 384 g/mol. The molecule has 0 unspecified atom stereocenters. The first-order valence-electron chi connectivity index (χ1n) is 9.67. The molecule has 0 aliphatic carbocycles. The Morgan fingerprint density at radius 3 is 2.39 bits per heavy atom. The molecule has 6 heteroatoms. The predicted molar refractivity (Wildman–Crippen MR) is 108 cm³/mol. The van der Waals surface area contributed by atoms with Gasteiger partial charge in [-0.25, -0.2) is 4.79 Å². The Balaban J connectivity index is 1.54. The highest BCUT2D eigenvalue weighted by molar-refractivity contribution is 5.67. The maximum atomic E-state index is 11.8. The number of amides is 1. The summed E-state index contributed by atoms with van der Waals surface area (Å²) in [5.41, 5.74) is 2.28. The van der Waals surface area contributed by atoms with E-state index in [0.29, 0.717) is 26.3 Å². The van der Waals surface area contributed by atoms with Gasteiger partial charge in [-0.15, -0.1) is 0 Å². The molecule has 0 bridgehead atoms. The number of benzene rings is 2. The highest BCUT2D eigenvalue weighted by Crippen LogP contribution is 2.29. The number of piperazine rings is 1. The number of carbonyl (C=O) groups excluding carboxylic acids is 1. The van der Waals surface area contributed by atoms with Gasteiger partial charge in [0.1, 0.15) is 6.61 Å². The second-order valence-electron chi connectivity index (χ2n) is 6.72. The van der Waals surface area contributed by atoms with Gasteiger partial charge >= 0.3 is 6.09 Å². The number of rotatable bonds is 7. The molecule has 150 valence electrons. The third kappa shape index (κ3) is 5.39. The lowest BCUT2D eigenvalue weighted by Crippen LogP contribution is -2.48. The van der Waals surface area contributed by atoms with E-state index in [1.165, 1.54) is 0 Å². The summed E-state index contributed by atoms with van der Waals surface area (Å²) in [6, 6.07) is 16.1. The number of carbonyl (C=O) groups is 1. The molecule has 0 atom stereocenters. The van der Waals surface area contributed by atoms with Crippen molar-refractivity contribution in [2.75, 3.05) is 39.9 Å². The van der Waals surface area contributed by atoms with Gasteiger partial charge in [0.15, 0.2) is 11.5 Å². The van der Waals surface area contributed by atoms with Crippen LogP contribution in [-0.4, -0.2) is 55.8 Å². The minimum absolute atomic E-state index is 0.219. The molecule has 1 saturated heterocycles. The van der Waals surface area contributed by atoms with Crippen LogP contribution in [0.5, 0.6) is 11.5 Å². The second kappa shape index (κ2) is 9.99. The molecule has 3 rings (SSSR count). The Morgan fingerprint density at radius 1 is 0.964 bits per heavy atom. The lowest BCUT2D eigenvalue weighted by Gasteiger charge is -2.34. The fourth-order valence-corrected chi connectivity index (χ4v) is 3.23. The highest BCUT2D eigenvalue weighted by atomic mass is 16.6. The number of methoxy groups -OCH3 is 1. The van der Waals surface area contributed by atoms with Gasteiger partial charge in [-0.2, -0.15) is 0 Å². The standard InChI is InChI=1S/C22H28N2O4/c1-3-27-22(25)24-13-11-23(12-14-24)16-19-9-10-20(21(15-19)26-2)28-17-18-7-5-4-6-8-18/h4-10,15H,3,11-14,16-17H2,1-2H3. The Bertz CT molecular complexity index is 758. The summed E-state index contributed by atoms with van der Waals surface area (Å²) < 4.78 is 16.5. The van der Waals surface area contributed by atoms with Gasteiger partial charge in [-0.1, -0.05) is 36.4 Å². The molecule has 28 heavy (non-hydrogen) atoms. The van der Waals surface area contributed by atoms with E-state index in [1.807, 2.05) is 49.4 Å². The van der Waals surface area contributed by atoms with Crippen molar-refractivity contribution in [2.24, 2.45) is 0 Å². The molecule has 0 radical (unpaired) electrons.